The van der Waals surface area contributed by atoms with E-state index in [0.717, 1.165) is 24.7 Å². The fourth-order valence-electron chi connectivity index (χ4n) is 1.71. The van der Waals surface area contributed by atoms with Crippen molar-refractivity contribution in [3.8, 4) is 0 Å². The van der Waals surface area contributed by atoms with Crippen LogP contribution in [0.5, 0.6) is 0 Å². The van der Waals surface area contributed by atoms with Crippen LogP contribution >= 0.6 is 11.6 Å². The molecule has 15 heavy (non-hydrogen) atoms. The van der Waals surface area contributed by atoms with Gasteiger partial charge in [-0.1, -0.05) is 11.6 Å². The van der Waals surface area contributed by atoms with E-state index in [1.54, 1.807) is 0 Å². The number of rotatable bonds is 0. The van der Waals surface area contributed by atoms with Crippen molar-refractivity contribution in [3.05, 3.63) is 28.3 Å². The molecule has 0 atom stereocenters. The number of alkyl halides is 3. The highest BCUT2D eigenvalue weighted by Crippen LogP contribution is 2.38. The SMILES string of the molecule is FC(F)(F)c1cc2c(cc1Cl)NCCC2. The first-order valence-corrected chi connectivity index (χ1v) is 5.00. The maximum atomic E-state index is 12.5. The van der Waals surface area contributed by atoms with Crippen LogP contribution < -0.4 is 5.32 Å². The second-order valence-electron chi connectivity index (χ2n) is 3.52. The van der Waals surface area contributed by atoms with E-state index in [0.29, 0.717) is 12.0 Å². The van der Waals surface area contributed by atoms with E-state index in [4.69, 9.17) is 11.6 Å². The molecule has 5 heteroatoms. The zero-order valence-electron chi connectivity index (χ0n) is 7.79. The van der Waals surface area contributed by atoms with E-state index < -0.39 is 11.7 Å². The van der Waals surface area contributed by atoms with Gasteiger partial charge in [-0.2, -0.15) is 13.2 Å². The zero-order chi connectivity index (χ0) is 11.1. The van der Waals surface area contributed by atoms with E-state index in [9.17, 15) is 13.2 Å². The molecule has 0 aliphatic carbocycles. The number of nitrogens with one attached hydrogen (secondary N) is 1. The van der Waals surface area contributed by atoms with Crippen molar-refractivity contribution >= 4 is 17.3 Å². The Hall–Kier alpha value is -0.900. The molecule has 1 aliphatic heterocycles. The number of halogens is 4. The molecule has 1 N–H and O–H groups in total. The van der Waals surface area contributed by atoms with E-state index in [1.807, 2.05) is 0 Å². The summed E-state index contributed by atoms with van der Waals surface area (Å²) in [5.74, 6) is 0. The van der Waals surface area contributed by atoms with Crippen LogP contribution in [0, 0.1) is 0 Å². The molecule has 0 bridgehead atoms. The van der Waals surface area contributed by atoms with Gasteiger partial charge in [0.05, 0.1) is 10.6 Å². The summed E-state index contributed by atoms with van der Waals surface area (Å²) in [6, 6.07) is 2.50. The molecule has 1 nitrogen and oxygen atoms in total. The van der Waals surface area contributed by atoms with Gasteiger partial charge in [0.1, 0.15) is 0 Å². The molecule has 0 saturated carbocycles. The minimum absolute atomic E-state index is 0.240. The van der Waals surface area contributed by atoms with Crippen LogP contribution in [-0.2, 0) is 12.6 Å². The lowest BCUT2D eigenvalue weighted by atomic mass is 10.0. The molecular formula is C10H9ClF3N. The van der Waals surface area contributed by atoms with Gasteiger partial charge in [-0.25, -0.2) is 0 Å². The molecule has 0 amide bonds. The van der Waals surface area contributed by atoms with Crippen LogP contribution in [0.25, 0.3) is 0 Å². The predicted octanol–water partition coefficient (Wildman–Crippen LogP) is 3.72. The van der Waals surface area contributed by atoms with Crippen molar-refractivity contribution in [3.63, 3.8) is 0 Å². The van der Waals surface area contributed by atoms with Crippen LogP contribution in [0.3, 0.4) is 0 Å². The van der Waals surface area contributed by atoms with Gasteiger partial charge in [-0.3, -0.25) is 0 Å². The maximum absolute atomic E-state index is 12.5. The lowest BCUT2D eigenvalue weighted by molar-refractivity contribution is -0.137. The standard InChI is InChI=1S/C10H9ClF3N/c11-8-5-9-6(2-1-3-15-9)4-7(8)10(12,13)14/h4-5,15H,1-3H2. The summed E-state index contributed by atoms with van der Waals surface area (Å²) >= 11 is 5.59. The molecule has 1 aromatic rings. The average Bonchev–Trinajstić information content (AvgIpc) is 2.15. The van der Waals surface area contributed by atoms with Crippen LogP contribution in [0.4, 0.5) is 18.9 Å². The highest BCUT2D eigenvalue weighted by Gasteiger charge is 2.34. The monoisotopic (exact) mass is 235 g/mol. The second-order valence-corrected chi connectivity index (χ2v) is 3.92. The predicted molar refractivity (Wildman–Crippen MR) is 53.3 cm³/mol. The molecule has 1 aromatic carbocycles. The first-order chi connectivity index (χ1) is 6.98. The van der Waals surface area contributed by atoms with Gasteiger partial charge < -0.3 is 5.32 Å². The molecule has 0 saturated heterocycles. The Balaban J connectivity index is 2.50. The van der Waals surface area contributed by atoms with Crippen molar-refractivity contribution < 1.29 is 13.2 Å². The fraction of sp³-hybridized carbons (Fsp3) is 0.400. The molecular weight excluding hydrogens is 227 g/mol. The summed E-state index contributed by atoms with van der Waals surface area (Å²) < 4.78 is 37.5. The van der Waals surface area contributed by atoms with Gasteiger partial charge in [0.15, 0.2) is 0 Å². The third-order valence-electron chi connectivity index (χ3n) is 2.44. The minimum Gasteiger partial charge on any atom is -0.385 e. The molecule has 1 aliphatic rings. The van der Waals surface area contributed by atoms with Crippen molar-refractivity contribution in [2.24, 2.45) is 0 Å². The fourth-order valence-corrected chi connectivity index (χ4v) is 1.98. The van der Waals surface area contributed by atoms with Crippen LogP contribution in [-0.4, -0.2) is 6.54 Å². The third kappa shape index (κ3) is 2.04. The number of aryl methyl sites for hydroxylation is 1. The Bertz CT molecular complexity index is 387. The lowest BCUT2D eigenvalue weighted by Gasteiger charge is -2.20. The summed E-state index contributed by atoms with van der Waals surface area (Å²) in [4.78, 5) is 0. The summed E-state index contributed by atoms with van der Waals surface area (Å²) in [6.07, 6.45) is -2.85. The molecule has 2 rings (SSSR count). The highest BCUT2D eigenvalue weighted by atomic mass is 35.5. The lowest BCUT2D eigenvalue weighted by Crippen LogP contribution is -2.14. The second kappa shape index (κ2) is 3.59. The Morgan fingerprint density at radius 1 is 1.27 bits per heavy atom. The Labute approximate surface area is 90.2 Å². The van der Waals surface area contributed by atoms with Crippen molar-refractivity contribution in [1.82, 2.24) is 0 Å². The first-order valence-electron chi connectivity index (χ1n) is 4.62. The first kappa shape index (κ1) is 10.6. The van der Waals surface area contributed by atoms with Gasteiger partial charge in [0, 0.05) is 12.2 Å². The molecule has 0 spiro atoms. The number of hydrogen-bond acceptors (Lipinski definition) is 1. The van der Waals surface area contributed by atoms with Gasteiger partial charge in [0.25, 0.3) is 0 Å². The smallest absolute Gasteiger partial charge is 0.385 e. The largest absolute Gasteiger partial charge is 0.417 e. The molecule has 0 unspecified atom stereocenters. The summed E-state index contributed by atoms with van der Waals surface area (Å²) in [5, 5.41) is 2.79. The van der Waals surface area contributed by atoms with Crippen molar-refractivity contribution in [2.75, 3.05) is 11.9 Å². The van der Waals surface area contributed by atoms with Crippen molar-refractivity contribution in [2.45, 2.75) is 19.0 Å². The Kier molecular flexibility index (Phi) is 2.54. The zero-order valence-corrected chi connectivity index (χ0v) is 8.54. The molecule has 0 aromatic heterocycles. The summed E-state index contributed by atoms with van der Waals surface area (Å²) in [7, 11) is 0. The van der Waals surface area contributed by atoms with Gasteiger partial charge in [-0.05, 0) is 30.5 Å². The molecule has 0 radical (unpaired) electrons. The van der Waals surface area contributed by atoms with E-state index in [-0.39, 0.29) is 5.02 Å². The van der Waals surface area contributed by atoms with Crippen LogP contribution in [0.2, 0.25) is 5.02 Å². The topological polar surface area (TPSA) is 12.0 Å². The van der Waals surface area contributed by atoms with Gasteiger partial charge >= 0.3 is 6.18 Å². The van der Waals surface area contributed by atoms with E-state index in [2.05, 4.69) is 5.32 Å². The van der Waals surface area contributed by atoms with E-state index in [1.165, 1.54) is 6.07 Å². The summed E-state index contributed by atoms with van der Waals surface area (Å²) in [5.41, 5.74) is 0.670. The number of benzene rings is 1. The average molecular weight is 236 g/mol. The highest BCUT2D eigenvalue weighted by molar-refractivity contribution is 6.31. The van der Waals surface area contributed by atoms with Crippen LogP contribution in [0.15, 0.2) is 12.1 Å². The third-order valence-corrected chi connectivity index (χ3v) is 2.75. The van der Waals surface area contributed by atoms with E-state index >= 15 is 0 Å². The van der Waals surface area contributed by atoms with Gasteiger partial charge in [0.2, 0.25) is 0 Å². The van der Waals surface area contributed by atoms with Gasteiger partial charge in [-0.15, -0.1) is 0 Å². The Morgan fingerprint density at radius 2 is 2.00 bits per heavy atom. The quantitative estimate of drug-likeness (QED) is 0.723. The number of anilines is 1. The minimum atomic E-state index is -4.37. The molecule has 0 fully saturated rings. The van der Waals surface area contributed by atoms with Crippen LogP contribution in [0.1, 0.15) is 17.5 Å². The Morgan fingerprint density at radius 3 is 2.67 bits per heavy atom. The number of hydrogen-bond donors (Lipinski definition) is 1. The maximum Gasteiger partial charge on any atom is 0.417 e. The molecule has 1 heterocycles. The normalized spacial score (nSPS) is 15.7. The molecule has 82 valence electrons. The number of fused-ring (bicyclic) bond motifs is 1. The summed E-state index contributed by atoms with van der Waals surface area (Å²) in [6.45, 7) is 0.786. The van der Waals surface area contributed by atoms with Crippen molar-refractivity contribution in [1.29, 1.82) is 0 Å².